The molecule has 1 amide bonds. The van der Waals surface area contributed by atoms with Gasteiger partial charge in [0, 0.05) is 17.6 Å². The summed E-state index contributed by atoms with van der Waals surface area (Å²) in [5.74, 6) is -0.372. The number of nitrogens with zero attached hydrogens (tertiary/aromatic N) is 1. The average molecular weight is 314 g/mol. The molecule has 0 bridgehead atoms. The van der Waals surface area contributed by atoms with Crippen molar-refractivity contribution in [1.82, 2.24) is 10.2 Å². The van der Waals surface area contributed by atoms with Crippen molar-refractivity contribution >= 4 is 21.8 Å². The summed E-state index contributed by atoms with van der Waals surface area (Å²) in [7, 11) is 3.98. The molecule has 0 aromatic heterocycles. The van der Waals surface area contributed by atoms with E-state index in [-0.39, 0.29) is 5.91 Å². The molecule has 1 aromatic carbocycles. The molecule has 1 unspecified atom stereocenters. The lowest BCUT2D eigenvalue weighted by Gasteiger charge is -2.29. The number of nitrogens with two attached hydrogens (primary N) is 1. The van der Waals surface area contributed by atoms with Gasteiger partial charge in [-0.05, 0) is 38.7 Å². The van der Waals surface area contributed by atoms with E-state index in [2.05, 4.69) is 26.1 Å². The smallest absolute Gasteiger partial charge is 0.242 e. The summed E-state index contributed by atoms with van der Waals surface area (Å²) in [6.45, 7) is 3.36. The lowest BCUT2D eigenvalue weighted by atomic mass is 9.91. The molecule has 100 valence electrons. The molecule has 5 heteroatoms. The number of nitrogens with one attached hydrogen (secondary N) is 1. The highest BCUT2D eigenvalue weighted by molar-refractivity contribution is 9.10. The van der Waals surface area contributed by atoms with E-state index in [1.165, 1.54) is 0 Å². The molecule has 1 atom stereocenters. The highest BCUT2D eigenvalue weighted by Crippen LogP contribution is 2.22. The Morgan fingerprint density at radius 1 is 1.39 bits per heavy atom. The largest absolute Gasteiger partial charge is 0.368 e. The van der Waals surface area contributed by atoms with Crippen LogP contribution >= 0.6 is 15.9 Å². The first-order chi connectivity index (χ1) is 8.36. The van der Waals surface area contributed by atoms with Crippen molar-refractivity contribution in [1.29, 1.82) is 0 Å². The standard InChI is InChI=1S/C13H20BrN3O/c1-13(12(15)18,16-8-9-17(2)3)10-4-6-11(14)7-5-10/h4-7,16H,8-9H2,1-3H3,(H2,15,18). The van der Waals surface area contributed by atoms with Gasteiger partial charge in [-0.25, -0.2) is 0 Å². The van der Waals surface area contributed by atoms with Crippen LogP contribution in [0.4, 0.5) is 0 Å². The van der Waals surface area contributed by atoms with Gasteiger partial charge in [-0.2, -0.15) is 0 Å². The van der Waals surface area contributed by atoms with E-state index in [1.807, 2.05) is 45.3 Å². The predicted octanol–water partition coefficient (Wildman–Crippen LogP) is 1.30. The van der Waals surface area contributed by atoms with E-state index in [4.69, 9.17) is 5.73 Å². The zero-order valence-corrected chi connectivity index (χ0v) is 12.6. The minimum Gasteiger partial charge on any atom is -0.368 e. The molecule has 0 aliphatic heterocycles. The van der Waals surface area contributed by atoms with Gasteiger partial charge in [0.1, 0.15) is 5.54 Å². The Labute approximate surface area is 117 Å². The predicted molar refractivity (Wildman–Crippen MR) is 77.2 cm³/mol. The molecule has 1 aromatic rings. The average Bonchev–Trinajstić information content (AvgIpc) is 2.28. The van der Waals surface area contributed by atoms with E-state index < -0.39 is 5.54 Å². The van der Waals surface area contributed by atoms with Crippen molar-refractivity contribution in [2.24, 2.45) is 5.73 Å². The maximum absolute atomic E-state index is 11.7. The fraction of sp³-hybridized carbons (Fsp3) is 0.462. The summed E-state index contributed by atoms with van der Waals surface area (Å²) in [4.78, 5) is 13.8. The Balaban J connectivity index is 2.86. The normalized spacial score (nSPS) is 14.5. The summed E-state index contributed by atoms with van der Waals surface area (Å²) < 4.78 is 0.978. The van der Waals surface area contributed by atoms with Crippen LogP contribution in [0.1, 0.15) is 12.5 Å². The quantitative estimate of drug-likeness (QED) is 0.832. The van der Waals surface area contributed by atoms with E-state index in [9.17, 15) is 4.79 Å². The number of primary amides is 1. The number of carbonyl (C=O) groups is 1. The van der Waals surface area contributed by atoms with Crippen LogP contribution in [0, 0.1) is 0 Å². The fourth-order valence-corrected chi connectivity index (χ4v) is 1.91. The van der Waals surface area contributed by atoms with Gasteiger partial charge in [-0.1, -0.05) is 28.1 Å². The van der Waals surface area contributed by atoms with Crippen molar-refractivity contribution < 1.29 is 4.79 Å². The van der Waals surface area contributed by atoms with Crippen LogP contribution in [-0.4, -0.2) is 38.0 Å². The first-order valence-electron chi connectivity index (χ1n) is 5.82. The van der Waals surface area contributed by atoms with Gasteiger partial charge in [-0.3, -0.25) is 10.1 Å². The van der Waals surface area contributed by atoms with Gasteiger partial charge in [0.25, 0.3) is 0 Å². The Bertz CT molecular complexity index is 405. The summed E-state index contributed by atoms with van der Waals surface area (Å²) in [5.41, 5.74) is 5.57. The Morgan fingerprint density at radius 3 is 2.39 bits per heavy atom. The number of likely N-dealkylation sites (N-methyl/N-ethyl adjacent to an activating group) is 1. The summed E-state index contributed by atoms with van der Waals surface area (Å²) >= 11 is 3.38. The second kappa shape index (κ2) is 6.31. The SMILES string of the molecule is CN(C)CCNC(C)(C(N)=O)c1ccc(Br)cc1. The molecule has 0 radical (unpaired) electrons. The molecule has 0 saturated carbocycles. The number of benzene rings is 1. The summed E-state index contributed by atoms with van der Waals surface area (Å²) in [6, 6.07) is 7.61. The summed E-state index contributed by atoms with van der Waals surface area (Å²) in [6.07, 6.45) is 0. The van der Waals surface area contributed by atoms with Crippen LogP contribution in [0.25, 0.3) is 0 Å². The van der Waals surface area contributed by atoms with Crippen molar-refractivity contribution in [3.8, 4) is 0 Å². The Hall–Kier alpha value is -0.910. The number of hydrogen-bond acceptors (Lipinski definition) is 3. The topological polar surface area (TPSA) is 58.4 Å². The van der Waals surface area contributed by atoms with Gasteiger partial charge < -0.3 is 10.6 Å². The van der Waals surface area contributed by atoms with Gasteiger partial charge in [-0.15, -0.1) is 0 Å². The molecular formula is C13H20BrN3O. The van der Waals surface area contributed by atoms with Crippen molar-refractivity contribution in [3.05, 3.63) is 34.3 Å². The number of rotatable bonds is 6. The van der Waals surface area contributed by atoms with Gasteiger partial charge in [0.05, 0.1) is 0 Å². The minimum atomic E-state index is -0.837. The first-order valence-corrected chi connectivity index (χ1v) is 6.61. The maximum Gasteiger partial charge on any atom is 0.242 e. The van der Waals surface area contributed by atoms with Crippen LogP contribution in [0.15, 0.2) is 28.7 Å². The second-order valence-corrected chi connectivity index (χ2v) is 5.64. The molecular weight excluding hydrogens is 294 g/mol. The molecule has 18 heavy (non-hydrogen) atoms. The molecule has 0 saturated heterocycles. The highest BCUT2D eigenvalue weighted by Gasteiger charge is 2.32. The maximum atomic E-state index is 11.7. The van der Waals surface area contributed by atoms with Gasteiger partial charge >= 0.3 is 0 Å². The molecule has 0 heterocycles. The number of hydrogen-bond donors (Lipinski definition) is 2. The van der Waals surface area contributed by atoms with E-state index >= 15 is 0 Å². The van der Waals surface area contributed by atoms with Crippen molar-refractivity contribution in [2.75, 3.05) is 27.2 Å². The zero-order chi connectivity index (χ0) is 13.8. The van der Waals surface area contributed by atoms with Gasteiger partial charge in [0.15, 0.2) is 0 Å². The third-order valence-corrected chi connectivity index (χ3v) is 3.48. The number of amides is 1. The van der Waals surface area contributed by atoms with Crippen LogP contribution < -0.4 is 11.1 Å². The van der Waals surface area contributed by atoms with Crippen LogP contribution in [0.5, 0.6) is 0 Å². The van der Waals surface area contributed by atoms with E-state index in [1.54, 1.807) is 0 Å². The Kier molecular flexibility index (Phi) is 5.31. The van der Waals surface area contributed by atoms with Crippen LogP contribution in [0.3, 0.4) is 0 Å². The molecule has 0 aliphatic rings. The third kappa shape index (κ3) is 3.80. The van der Waals surface area contributed by atoms with E-state index in [0.717, 1.165) is 16.6 Å². The molecule has 1 rings (SSSR count). The Morgan fingerprint density at radius 2 is 1.94 bits per heavy atom. The lowest BCUT2D eigenvalue weighted by molar-refractivity contribution is -0.124. The minimum absolute atomic E-state index is 0.372. The highest BCUT2D eigenvalue weighted by atomic mass is 79.9. The van der Waals surface area contributed by atoms with Crippen LogP contribution in [0.2, 0.25) is 0 Å². The molecule has 3 N–H and O–H groups in total. The molecule has 0 fully saturated rings. The second-order valence-electron chi connectivity index (χ2n) is 4.73. The monoisotopic (exact) mass is 313 g/mol. The lowest BCUT2D eigenvalue weighted by Crippen LogP contribution is -2.51. The summed E-state index contributed by atoms with van der Waals surface area (Å²) in [5, 5.41) is 3.23. The fourth-order valence-electron chi connectivity index (χ4n) is 1.64. The molecule has 0 spiro atoms. The van der Waals surface area contributed by atoms with Crippen molar-refractivity contribution in [2.45, 2.75) is 12.5 Å². The number of carbonyl (C=O) groups excluding carboxylic acids is 1. The zero-order valence-electron chi connectivity index (χ0n) is 11.0. The first kappa shape index (κ1) is 15.1. The van der Waals surface area contributed by atoms with Crippen LogP contribution in [-0.2, 0) is 10.3 Å². The molecule has 4 nitrogen and oxygen atoms in total. The third-order valence-electron chi connectivity index (χ3n) is 2.95. The van der Waals surface area contributed by atoms with Crippen molar-refractivity contribution in [3.63, 3.8) is 0 Å². The van der Waals surface area contributed by atoms with Gasteiger partial charge in [0.2, 0.25) is 5.91 Å². The number of halogens is 1. The molecule has 0 aliphatic carbocycles. The van der Waals surface area contributed by atoms with E-state index in [0.29, 0.717) is 6.54 Å².